The van der Waals surface area contributed by atoms with Crippen LogP contribution in [0.4, 0.5) is 0 Å². The molecule has 1 rings (SSSR count). The standard InChI is InChI=1S/C13H19BrN2O/c1-10(2)16-13(17)7-8-15-9-11-3-5-12(14)6-4-11/h3-6,10,15H,7-9H2,1-2H3,(H,16,17). The van der Waals surface area contributed by atoms with Gasteiger partial charge in [-0.2, -0.15) is 0 Å². The number of carbonyl (C=O) groups excluding carboxylic acids is 1. The lowest BCUT2D eigenvalue weighted by Gasteiger charge is -2.08. The molecule has 1 amide bonds. The van der Waals surface area contributed by atoms with E-state index < -0.39 is 0 Å². The van der Waals surface area contributed by atoms with Crippen molar-refractivity contribution in [1.29, 1.82) is 0 Å². The van der Waals surface area contributed by atoms with Gasteiger partial charge >= 0.3 is 0 Å². The van der Waals surface area contributed by atoms with Crippen LogP contribution < -0.4 is 10.6 Å². The molecule has 2 N–H and O–H groups in total. The molecule has 0 aliphatic rings. The van der Waals surface area contributed by atoms with Gasteiger partial charge in [0.1, 0.15) is 0 Å². The maximum atomic E-state index is 11.4. The van der Waals surface area contributed by atoms with Crippen LogP contribution in [0.15, 0.2) is 28.7 Å². The van der Waals surface area contributed by atoms with E-state index in [4.69, 9.17) is 0 Å². The number of benzene rings is 1. The zero-order valence-corrected chi connectivity index (χ0v) is 11.9. The summed E-state index contributed by atoms with van der Waals surface area (Å²) in [5.41, 5.74) is 1.22. The Morgan fingerprint density at radius 2 is 1.94 bits per heavy atom. The Bertz CT molecular complexity index is 349. The third-order valence-electron chi connectivity index (χ3n) is 2.22. The summed E-state index contributed by atoms with van der Waals surface area (Å²) in [6.45, 7) is 5.43. The zero-order chi connectivity index (χ0) is 12.7. The van der Waals surface area contributed by atoms with Gasteiger partial charge in [-0.25, -0.2) is 0 Å². The summed E-state index contributed by atoms with van der Waals surface area (Å²) in [4.78, 5) is 11.4. The highest BCUT2D eigenvalue weighted by molar-refractivity contribution is 9.10. The van der Waals surface area contributed by atoms with Crippen molar-refractivity contribution >= 4 is 21.8 Å². The molecule has 0 saturated heterocycles. The van der Waals surface area contributed by atoms with Crippen LogP contribution in [0.5, 0.6) is 0 Å². The molecule has 0 radical (unpaired) electrons. The highest BCUT2D eigenvalue weighted by atomic mass is 79.9. The summed E-state index contributed by atoms with van der Waals surface area (Å²) in [5, 5.41) is 6.11. The number of nitrogens with one attached hydrogen (secondary N) is 2. The fraction of sp³-hybridized carbons (Fsp3) is 0.462. The molecule has 1 aromatic carbocycles. The van der Waals surface area contributed by atoms with Gasteiger partial charge in [0.05, 0.1) is 0 Å². The summed E-state index contributed by atoms with van der Waals surface area (Å²) in [7, 11) is 0. The van der Waals surface area contributed by atoms with Crippen molar-refractivity contribution in [2.45, 2.75) is 32.9 Å². The van der Waals surface area contributed by atoms with Crippen LogP contribution in [-0.4, -0.2) is 18.5 Å². The quantitative estimate of drug-likeness (QED) is 0.792. The Morgan fingerprint density at radius 1 is 1.29 bits per heavy atom. The van der Waals surface area contributed by atoms with E-state index >= 15 is 0 Å². The highest BCUT2D eigenvalue weighted by Crippen LogP contribution is 2.10. The topological polar surface area (TPSA) is 41.1 Å². The molecule has 0 fully saturated rings. The molecule has 4 heteroatoms. The minimum absolute atomic E-state index is 0.100. The number of halogens is 1. The number of hydrogen-bond acceptors (Lipinski definition) is 2. The average Bonchev–Trinajstić information content (AvgIpc) is 2.26. The Kier molecular flexibility index (Phi) is 6.22. The van der Waals surface area contributed by atoms with Crippen LogP contribution in [0.1, 0.15) is 25.8 Å². The maximum Gasteiger partial charge on any atom is 0.221 e. The van der Waals surface area contributed by atoms with Gasteiger partial charge in [0.2, 0.25) is 5.91 Å². The van der Waals surface area contributed by atoms with Crippen molar-refractivity contribution < 1.29 is 4.79 Å². The monoisotopic (exact) mass is 298 g/mol. The molecule has 0 saturated carbocycles. The lowest BCUT2D eigenvalue weighted by Crippen LogP contribution is -2.32. The molecule has 1 aromatic rings. The lowest BCUT2D eigenvalue weighted by molar-refractivity contribution is -0.121. The van der Waals surface area contributed by atoms with Crippen LogP contribution in [0, 0.1) is 0 Å². The fourth-order valence-electron chi connectivity index (χ4n) is 1.43. The molecule has 0 aliphatic carbocycles. The summed E-state index contributed by atoms with van der Waals surface area (Å²) in [6.07, 6.45) is 0.523. The largest absolute Gasteiger partial charge is 0.354 e. The summed E-state index contributed by atoms with van der Waals surface area (Å²) in [6, 6.07) is 8.37. The van der Waals surface area contributed by atoms with Gasteiger partial charge in [0, 0.05) is 30.0 Å². The molecule has 94 valence electrons. The van der Waals surface area contributed by atoms with E-state index in [2.05, 4.69) is 38.7 Å². The Morgan fingerprint density at radius 3 is 2.53 bits per heavy atom. The van der Waals surface area contributed by atoms with Crippen molar-refractivity contribution in [3.63, 3.8) is 0 Å². The fourth-order valence-corrected chi connectivity index (χ4v) is 1.70. The van der Waals surface area contributed by atoms with E-state index in [0.717, 1.165) is 11.0 Å². The number of hydrogen-bond donors (Lipinski definition) is 2. The SMILES string of the molecule is CC(C)NC(=O)CCNCc1ccc(Br)cc1. The average molecular weight is 299 g/mol. The molecule has 0 aromatic heterocycles. The smallest absolute Gasteiger partial charge is 0.221 e. The van der Waals surface area contributed by atoms with Crippen LogP contribution in [0.3, 0.4) is 0 Å². The van der Waals surface area contributed by atoms with E-state index in [9.17, 15) is 4.79 Å². The lowest BCUT2D eigenvalue weighted by atomic mass is 10.2. The molecule has 0 atom stereocenters. The second-order valence-electron chi connectivity index (χ2n) is 4.28. The second-order valence-corrected chi connectivity index (χ2v) is 5.19. The van der Waals surface area contributed by atoms with Gasteiger partial charge in [-0.05, 0) is 31.5 Å². The summed E-state index contributed by atoms with van der Waals surface area (Å²) in [5.74, 6) is 0.100. The maximum absolute atomic E-state index is 11.4. The number of amides is 1. The highest BCUT2D eigenvalue weighted by Gasteiger charge is 2.02. The van der Waals surface area contributed by atoms with Crippen molar-refractivity contribution in [2.24, 2.45) is 0 Å². The van der Waals surface area contributed by atoms with Gasteiger partial charge < -0.3 is 10.6 Å². The van der Waals surface area contributed by atoms with Crippen LogP contribution in [0.25, 0.3) is 0 Å². The molecule has 0 unspecified atom stereocenters. The molecule has 17 heavy (non-hydrogen) atoms. The minimum Gasteiger partial charge on any atom is -0.354 e. The Balaban J connectivity index is 2.16. The second kappa shape index (κ2) is 7.45. The Labute approximate surface area is 111 Å². The Hall–Kier alpha value is -0.870. The van der Waals surface area contributed by atoms with Crippen LogP contribution in [0.2, 0.25) is 0 Å². The van der Waals surface area contributed by atoms with Gasteiger partial charge in [0.15, 0.2) is 0 Å². The van der Waals surface area contributed by atoms with Gasteiger partial charge in [-0.15, -0.1) is 0 Å². The van der Waals surface area contributed by atoms with Crippen molar-refractivity contribution in [2.75, 3.05) is 6.54 Å². The van der Waals surface area contributed by atoms with E-state index in [1.807, 2.05) is 26.0 Å². The van der Waals surface area contributed by atoms with Gasteiger partial charge in [-0.3, -0.25) is 4.79 Å². The summed E-state index contributed by atoms with van der Waals surface area (Å²) >= 11 is 3.40. The predicted molar refractivity (Wildman–Crippen MR) is 73.7 cm³/mol. The van der Waals surface area contributed by atoms with Crippen molar-refractivity contribution in [1.82, 2.24) is 10.6 Å². The molecule has 0 heterocycles. The first-order chi connectivity index (χ1) is 8.08. The van der Waals surface area contributed by atoms with E-state index in [-0.39, 0.29) is 11.9 Å². The van der Waals surface area contributed by atoms with Crippen LogP contribution >= 0.6 is 15.9 Å². The normalized spacial score (nSPS) is 10.6. The van der Waals surface area contributed by atoms with Crippen LogP contribution in [-0.2, 0) is 11.3 Å². The van der Waals surface area contributed by atoms with E-state index in [1.165, 1.54) is 5.56 Å². The minimum atomic E-state index is 0.100. The first kappa shape index (κ1) is 14.2. The van der Waals surface area contributed by atoms with Crippen molar-refractivity contribution in [3.05, 3.63) is 34.3 Å². The molecule has 0 aliphatic heterocycles. The molecular formula is C13H19BrN2O. The molecular weight excluding hydrogens is 280 g/mol. The van der Waals surface area contributed by atoms with E-state index in [1.54, 1.807) is 0 Å². The van der Waals surface area contributed by atoms with Crippen molar-refractivity contribution in [3.8, 4) is 0 Å². The third kappa shape index (κ3) is 6.44. The van der Waals surface area contributed by atoms with Gasteiger partial charge in [0.25, 0.3) is 0 Å². The predicted octanol–water partition coefficient (Wildman–Crippen LogP) is 2.45. The van der Waals surface area contributed by atoms with Gasteiger partial charge in [-0.1, -0.05) is 28.1 Å². The zero-order valence-electron chi connectivity index (χ0n) is 10.3. The summed E-state index contributed by atoms with van der Waals surface area (Å²) < 4.78 is 1.08. The molecule has 0 bridgehead atoms. The first-order valence-corrected chi connectivity index (χ1v) is 6.62. The number of carbonyl (C=O) groups is 1. The first-order valence-electron chi connectivity index (χ1n) is 5.82. The molecule has 0 spiro atoms. The van der Waals surface area contributed by atoms with E-state index in [0.29, 0.717) is 13.0 Å². The third-order valence-corrected chi connectivity index (χ3v) is 2.75. The molecule has 3 nitrogen and oxygen atoms in total. The number of rotatable bonds is 6.